The van der Waals surface area contributed by atoms with Gasteiger partial charge in [0.05, 0.1) is 18.6 Å². The Hall–Kier alpha value is -0.570. The molecule has 0 bridgehead atoms. The monoisotopic (exact) mass is 134 g/mol. The molecule has 1 N–H and O–H groups in total. The number of esters is 1. The van der Waals surface area contributed by atoms with E-state index in [1.165, 1.54) is 0 Å². The molecule has 3 heteroatoms. The van der Waals surface area contributed by atoms with Crippen molar-refractivity contribution in [3.8, 4) is 0 Å². The molecule has 1 atom stereocenters. The van der Waals surface area contributed by atoms with Gasteiger partial charge in [0.1, 0.15) is 0 Å². The lowest BCUT2D eigenvalue weighted by molar-refractivity contribution is -0.157. The van der Waals surface area contributed by atoms with Crippen LogP contribution < -0.4 is 0 Å². The quantitative estimate of drug-likeness (QED) is 0.377. The molecule has 0 aromatic carbocycles. The lowest BCUT2D eigenvalue weighted by Gasteiger charge is -2.26. The van der Waals surface area contributed by atoms with Crippen molar-refractivity contribution in [2.24, 2.45) is 0 Å². The van der Waals surface area contributed by atoms with Gasteiger partial charge in [-0.15, -0.1) is 0 Å². The molecule has 0 spiro atoms. The second-order valence-electron chi connectivity index (χ2n) is 2.18. The van der Waals surface area contributed by atoms with E-state index in [1.807, 2.05) is 0 Å². The first-order valence-electron chi connectivity index (χ1n) is 4.23. The largest absolute Gasteiger partial charge is 0.465 e. The summed E-state index contributed by atoms with van der Waals surface area (Å²) in [6.45, 7) is -2.53. The van der Waals surface area contributed by atoms with Crippen LogP contribution in [0.15, 0.2) is 0 Å². The van der Waals surface area contributed by atoms with Gasteiger partial charge in [0, 0.05) is 10.5 Å². The highest BCUT2D eigenvalue weighted by atomic mass is 16.6. The molecule has 0 unspecified atom stereocenters. The summed E-state index contributed by atoms with van der Waals surface area (Å²) in [5, 5.41) is 9.51. The summed E-state index contributed by atoms with van der Waals surface area (Å²) in [5.41, 5.74) is -1.89. The van der Waals surface area contributed by atoms with Gasteiger partial charge >= 0.3 is 5.97 Å². The molecule has 0 radical (unpaired) electrons. The van der Waals surface area contributed by atoms with Crippen LogP contribution in [0.2, 0.25) is 0 Å². The minimum Gasteiger partial charge on any atom is -0.465 e. The number of aliphatic hydroxyl groups is 1. The average molecular weight is 134 g/mol. The van der Waals surface area contributed by atoms with Crippen LogP contribution in [0.25, 0.3) is 0 Å². The third-order valence-electron chi connectivity index (χ3n) is 1.22. The smallest absolute Gasteiger partial charge is 0.308 e. The number of hydrogen-bond acceptors (Lipinski definition) is 3. The van der Waals surface area contributed by atoms with Crippen molar-refractivity contribution in [1.29, 1.82) is 0 Å². The fourth-order valence-electron chi connectivity index (χ4n) is 0.712. The standard InChI is InChI=1S/C6H10O3/c1-6(8)2-3-9-5(7)4-6/h8H,2-4H2,1H3/t6-/m1/s1/i1D3,3+1. The van der Waals surface area contributed by atoms with Crippen LogP contribution in [-0.4, -0.2) is 23.3 Å². The van der Waals surface area contributed by atoms with Gasteiger partial charge in [-0.3, -0.25) is 4.79 Å². The minimum atomic E-state index is -2.51. The summed E-state index contributed by atoms with van der Waals surface area (Å²) in [4.78, 5) is 10.7. The topological polar surface area (TPSA) is 46.5 Å². The van der Waals surface area contributed by atoms with Crippen LogP contribution in [0, 0.1) is 0 Å². The van der Waals surface area contributed by atoms with E-state index in [9.17, 15) is 9.90 Å². The van der Waals surface area contributed by atoms with Gasteiger partial charge in [0.25, 0.3) is 0 Å². The van der Waals surface area contributed by atoms with E-state index in [4.69, 9.17) is 4.11 Å². The highest BCUT2D eigenvalue weighted by Crippen LogP contribution is 2.19. The van der Waals surface area contributed by atoms with E-state index in [2.05, 4.69) is 4.74 Å². The van der Waals surface area contributed by atoms with Gasteiger partial charge in [-0.25, -0.2) is 0 Å². The molecular weight excluding hydrogens is 121 g/mol. The second kappa shape index (κ2) is 1.99. The predicted molar refractivity (Wildman–Crippen MR) is 30.8 cm³/mol. The summed E-state index contributed by atoms with van der Waals surface area (Å²) >= 11 is 0. The zero-order valence-electron chi connectivity index (χ0n) is 7.89. The maximum absolute atomic E-state index is 10.7. The van der Waals surface area contributed by atoms with Crippen molar-refractivity contribution in [3.05, 3.63) is 0 Å². The highest BCUT2D eigenvalue weighted by Gasteiger charge is 2.29. The third-order valence-corrected chi connectivity index (χ3v) is 1.22. The van der Waals surface area contributed by atoms with Gasteiger partial charge in [-0.2, -0.15) is 0 Å². The van der Waals surface area contributed by atoms with E-state index in [0.717, 1.165) is 0 Å². The Labute approximate surface area is 57.8 Å². The number of carbonyl (C=O) groups is 1. The van der Waals surface area contributed by atoms with E-state index in [1.54, 1.807) is 0 Å². The minimum absolute atomic E-state index is 0.0186. The van der Waals surface area contributed by atoms with Crippen molar-refractivity contribution in [2.75, 3.05) is 6.61 Å². The first-order valence-corrected chi connectivity index (χ1v) is 2.73. The van der Waals surface area contributed by atoms with Crippen LogP contribution in [-0.2, 0) is 9.53 Å². The summed E-state index contributed by atoms with van der Waals surface area (Å²) in [7, 11) is 0. The van der Waals surface area contributed by atoms with Crippen molar-refractivity contribution in [3.63, 3.8) is 0 Å². The van der Waals surface area contributed by atoms with Crippen LogP contribution >= 0.6 is 0 Å². The molecule has 9 heavy (non-hydrogen) atoms. The van der Waals surface area contributed by atoms with Crippen LogP contribution in [0.5, 0.6) is 0 Å². The van der Waals surface area contributed by atoms with Crippen molar-refractivity contribution in [2.45, 2.75) is 25.3 Å². The lowest BCUT2D eigenvalue weighted by Crippen LogP contribution is -2.35. The Kier molecular flexibility index (Phi) is 0.787. The van der Waals surface area contributed by atoms with Crippen LogP contribution in [0.4, 0.5) is 0 Å². The van der Waals surface area contributed by atoms with E-state index in [0.29, 0.717) is 0 Å². The Morgan fingerprint density at radius 1 is 2.00 bits per heavy atom. The second-order valence-corrected chi connectivity index (χ2v) is 2.18. The van der Waals surface area contributed by atoms with Crippen molar-refractivity contribution >= 4 is 5.97 Å². The maximum atomic E-state index is 10.7. The molecule has 0 amide bonds. The molecule has 1 fully saturated rings. The van der Waals surface area contributed by atoms with Crippen LogP contribution in [0.3, 0.4) is 0 Å². The fourth-order valence-corrected chi connectivity index (χ4v) is 0.712. The normalized spacial score (nSPS) is 42.3. The number of hydrogen-bond donors (Lipinski definition) is 1. The number of ether oxygens (including phenoxy) is 1. The first-order chi connectivity index (χ1) is 5.35. The van der Waals surface area contributed by atoms with Gasteiger partial charge < -0.3 is 9.84 Å². The van der Waals surface area contributed by atoms with Crippen molar-refractivity contribution < 1.29 is 18.8 Å². The molecule has 0 saturated carbocycles. The molecular formula is C6H10O3. The van der Waals surface area contributed by atoms with E-state index in [-0.39, 0.29) is 13.0 Å². The van der Waals surface area contributed by atoms with Gasteiger partial charge in [-0.1, -0.05) is 0 Å². The zero-order valence-corrected chi connectivity index (χ0v) is 4.89. The molecule has 1 heterocycles. The molecule has 1 saturated heterocycles. The molecule has 0 aromatic heterocycles. The molecule has 0 aliphatic carbocycles. The Morgan fingerprint density at radius 3 is 3.22 bits per heavy atom. The van der Waals surface area contributed by atoms with Gasteiger partial charge in [0.2, 0.25) is 0 Å². The molecule has 0 aromatic rings. The number of rotatable bonds is 0. The summed E-state index contributed by atoms with van der Waals surface area (Å²) < 4.78 is 25.5. The fraction of sp³-hybridized carbons (Fsp3) is 0.833. The summed E-state index contributed by atoms with van der Waals surface area (Å²) in [6.07, 6.45) is -0.460. The Bertz CT molecular complexity index is 201. The number of cyclic esters (lactones) is 1. The average Bonchev–Trinajstić information content (AvgIpc) is 1.83. The van der Waals surface area contributed by atoms with Crippen LogP contribution in [0.1, 0.15) is 23.8 Å². The summed E-state index contributed by atoms with van der Waals surface area (Å²) in [5.74, 6) is -0.653. The molecule has 1 aliphatic heterocycles. The summed E-state index contributed by atoms with van der Waals surface area (Å²) in [6, 6.07) is 0. The lowest BCUT2D eigenvalue weighted by atomic mass is 10.0. The molecule has 52 valence electrons. The third kappa shape index (κ3) is 1.68. The highest BCUT2D eigenvalue weighted by molar-refractivity contribution is 5.71. The van der Waals surface area contributed by atoms with Crippen molar-refractivity contribution in [1.82, 2.24) is 0 Å². The Balaban J connectivity index is 2.77. The molecule has 1 aliphatic rings. The van der Waals surface area contributed by atoms with Gasteiger partial charge in [-0.05, 0) is 6.85 Å². The van der Waals surface area contributed by atoms with E-state index < -0.39 is 24.8 Å². The van der Waals surface area contributed by atoms with Gasteiger partial charge in [0.15, 0.2) is 0 Å². The Morgan fingerprint density at radius 2 is 2.78 bits per heavy atom. The molecule has 1 rings (SSSR count). The first kappa shape index (κ1) is 3.56. The number of carbonyl (C=O) groups excluding carboxylic acids is 1. The molecule has 3 nitrogen and oxygen atoms in total. The SMILES string of the molecule is [2H]C([2H])([2H])[C@@]1(O)C[13CH2]OC(=O)C1. The predicted octanol–water partition coefficient (Wildman–Crippen LogP) is 0.0744. The van der Waals surface area contributed by atoms with E-state index >= 15 is 0 Å². The zero-order chi connectivity index (χ0) is 9.41. The maximum Gasteiger partial charge on any atom is 0.308 e.